The summed E-state index contributed by atoms with van der Waals surface area (Å²) in [6.45, 7) is 0. The van der Waals surface area contributed by atoms with E-state index in [1.807, 2.05) is 49.5 Å². The van der Waals surface area contributed by atoms with Crippen molar-refractivity contribution in [1.29, 1.82) is 0 Å². The number of carbonyl (C=O) groups excluding carboxylic acids is 1. The molecule has 0 saturated carbocycles. The summed E-state index contributed by atoms with van der Waals surface area (Å²) in [6.07, 6.45) is 6.43. The fourth-order valence-corrected chi connectivity index (χ4v) is 3.85. The molecule has 11 nitrogen and oxygen atoms in total. The van der Waals surface area contributed by atoms with E-state index < -0.39 is 5.91 Å². The number of primary amides is 1. The highest BCUT2D eigenvalue weighted by molar-refractivity contribution is 5.78. The van der Waals surface area contributed by atoms with Gasteiger partial charge in [-0.15, -0.1) is 4.59 Å². The number of ether oxygens (including phenoxy) is 1. The zero-order valence-electron chi connectivity index (χ0n) is 19.0. The second kappa shape index (κ2) is 8.88. The smallest absolute Gasteiger partial charge is 0.299 e. The molecule has 35 heavy (non-hydrogen) atoms. The topological polar surface area (TPSA) is 141 Å². The Hall–Kier alpha value is -4.77. The van der Waals surface area contributed by atoms with Gasteiger partial charge in [0.1, 0.15) is 18.5 Å². The predicted molar refractivity (Wildman–Crippen MR) is 128 cm³/mol. The van der Waals surface area contributed by atoms with Gasteiger partial charge in [0.15, 0.2) is 29.8 Å². The number of nitrogens with one attached hydrogen (secondary N) is 1. The fourth-order valence-electron chi connectivity index (χ4n) is 3.85. The molecule has 176 valence electrons. The molecule has 4 aromatic rings. The molecule has 3 heterocycles. The minimum absolute atomic E-state index is 0.0164. The summed E-state index contributed by atoms with van der Waals surface area (Å²) in [5, 5.41) is 11.6. The highest BCUT2D eigenvalue weighted by atomic mass is 16.5. The first kappa shape index (κ1) is 22.0. The van der Waals surface area contributed by atoms with Gasteiger partial charge in [0, 0.05) is 23.0 Å². The van der Waals surface area contributed by atoms with Gasteiger partial charge < -0.3 is 24.6 Å². The molecule has 1 aliphatic rings. The average Bonchev–Trinajstić information content (AvgIpc) is 3.61. The van der Waals surface area contributed by atoms with Crippen LogP contribution < -0.4 is 20.4 Å². The number of aromatic nitrogens is 2. The molecule has 0 aliphatic carbocycles. The molecule has 0 saturated heterocycles. The zero-order valence-corrected chi connectivity index (χ0v) is 19.0. The maximum Gasteiger partial charge on any atom is 0.299 e. The highest BCUT2D eigenvalue weighted by Crippen LogP contribution is 2.39. The lowest BCUT2D eigenvalue weighted by Gasteiger charge is -2.19. The second-order valence-electron chi connectivity index (χ2n) is 7.93. The summed E-state index contributed by atoms with van der Waals surface area (Å²) >= 11 is 0. The van der Waals surface area contributed by atoms with Crippen LogP contribution in [-0.2, 0) is 4.79 Å². The number of nitrogens with two attached hydrogens (primary N) is 1. The summed E-state index contributed by atoms with van der Waals surface area (Å²) in [4.78, 5) is 19.6. The van der Waals surface area contributed by atoms with Gasteiger partial charge in [0.05, 0.1) is 37.1 Å². The minimum Gasteiger partial charge on any atom is -0.496 e. The van der Waals surface area contributed by atoms with Crippen LogP contribution in [0.2, 0.25) is 0 Å². The third-order valence-electron chi connectivity index (χ3n) is 5.43. The van der Waals surface area contributed by atoms with Crippen LogP contribution in [0.25, 0.3) is 22.6 Å². The van der Waals surface area contributed by atoms with E-state index in [4.69, 9.17) is 19.3 Å². The molecule has 2 aromatic heterocycles. The molecule has 1 amide bonds. The predicted octanol–water partition coefficient (Wildman–Crippen LogP) is 4.78. The van der Waals surface area contributed by atoms with Gasteiger partial charge >= 0.3 is 0 Å². The Morgan fingerprint density at radius 1 is 1.14 bits per heavy atom. The summed E-state index contributed by atoms with van der Waals surface area (Å²) < 4.78 is 16.9. The molecule has 0 fully saturated rings. The molecule has 2 aromatic carbocycles. The van der Waals surface area contributed by atoms with Gasteiger partial charge in [0.25, 0.3) is 6.01 Å². The lowest BCUT2D eigenvalue weighted by molar-refractivity contribution is -0.117. The van der Waals surface area contributed by atoms with Crippen LogP contribution in [0.1, 0.15) is 6.42 Å². The van der Waals surface area contributed by atoms with E-state index in [2.05, 4.69) is 25.6 Å². The standard InChI is InChI=1S/C24H21N7O4/c1-31(13-16(29-30-31)10-23(25)32)19-6-4-3-5-17(19)22-12-27-24(35-22)28-15-7-8-18(20(9-15)33-2)21-11-26-14-34-21/h3-9,11-14H,10H2,1-2H3,(H2-,25,27,28,32)/p+1. The molecule has 1 unspecified atom stereocenters. The Balaban J connectivity index is 1.41. The van der Waals surface area contributed by atoms with Crippen LogP contribution in [0.3, 0.4) is 0 Å². The molecule has 0 spiro atoms. The number of carbonyl (C=O) groups is 1. The van der Waals surface area contributed by atoms with Crippen LogP contribution in [0.5, 0.6) is 5.75 Å². The van der Waals surface area contributed by atoms with E-state index >= 15 is 0 Å². The number of hydrogen-bond donors (Lipinski definition) is 2. The summed E-state index contributed by atoms with van der Waals surface area (Å²) in [5.41, 5.74) is 8.90. The molecule has 11 heteroatoms. The minimum atomic E-state index is -0.464. The van der Waals surface area contributed by atoms with Crippen molar-refractivity contribution >= 4 is 23.3 Å². The lowest BCUT2D eigenvalue weighted by atomic mass is 10.1. The first-order valence-corrected chi connectivity index (χ1v) is 10.6. The van der Waals surface area contributed by atoms with Gasteiger partial charge in [-0.05, 0) is 18.2 Å². The number of amides is 1. The van der Waals surface area contributed by atoms with Crippen LogP contribution in [0, 0.1) is 0 Å². The fraction of sp³-hybridized carbons (Fsp3) is 0.125. The SMILES string of the molecule is COc1cc(Nc2ncc(-c3ccccc3[N+]3(C)C=C(CC(N)=O)N=N3)o2)ccc1-c1cnco1. The Kier molecular flexibility index (Phi) is 5.59. The van der Waals surface area contributed by atoms with Gasteiger partial charge in [-0.25, -0.2) is 9.97 Å². The zero-order chi connectivity index (χ0) is 24.4. The summed E-state index contributed by atoms with van der Waals surface area (Å²) in [5.74, 6) is 1.29. The van der Waals surface area contributed by atoms with E-state index in [0.717, 1.165) is 22.5 Å². The maximum absolute atomic E-state index is 11.3. The number of rotatable bonds is 8. The summed E-state index contributed by atoms with van der Waals surface area (Å²) in [6, 6.07) is 13.5. The number of benzene rings is 2. The quantitative estimate of drug-likeness (QED) is 0.351. The average molecular weight is 472 g/mol. The van der Waals surface area contributed by atoms with Crippen molar-refractivity contribution in [3.63, 3.8) is 0 Å². The second-order valence-corrected chi connectivity index (χ2v) is 7.93. The molecule has 5 rings (SSSR count). The van der Waals surface area contributed by atoms with Crippen LogP contribution in [0.15, 0.2) is 92.3 Å². The van der Waals surface area contributed by atoms with E-state index in [0.29, 0.717) is 29.0 Å². The van der Waals surface area contributed by atoms with E-state index in [1.54, 1.807) is 25.7 Å². The number of quaternary nitrogens is 1. The molecule has 0 radical (unpaired) electrons. The number of methoxy groups -OCH3 is 1. The highest BCUT2D eigenvalue weighted by Gasteiger charge is 2.34. The van der Waals surface area contributed by atoms with E-state index in [1.165, 1.54) is 6.39 Å². The van der Waals surface area contributed by atoms with Crippen molar-refractivity contribution in [3.05, 3.63) is 73.1 Å². The van der Waals surface area contributed by atoms with Crippen molar-refractivity contribution < 1.29 is 18.4 Å². The Morgan fingerprint density at radius 2 is 2.00 bits per heavy atom. The van der Waals surface area contributed by atoms with Crippen molar-refractivity contribution in [2.45, 2.75) is 6.42 Å². The number of hydrogen-bond acceptors (Lipinski definition) is 9. The number of nitrogens with zero attached hydrogens (tertiary/aromatic N) is 5. The number of anilines is 2. The molecule has 0 bridgehead atoms. The first-order chi connectivity index (χ1) is 16.9. The van der Waals surface area contributed by atoms with Crippen molar-refractivity contribution in [2.24, 2.45) is 16.1 Å². The normalized spacial score (nSPS) is 16.8. The number of para-hydroxylation sites is 1. The van der Waals surface area contributed by atoms with Crippen LogP contribution >= 0.6 is 0 Å². The van der Waals surface area contributed by atoms with Gasteiger partial charge in [0.2, 0.25) is 5.91 Å². The van der Waals surface area contributed by atoms with Crippen molar-refractivity contribution in [1.82, 2.24) is 14.6 Å². The molecule has 3 N–H and O–H groups in total. The molecule has 1 aliphatic heterocycles. The molecular formula is C24H22N7O4+. The molecule has 1 atom stereocenters. The van der Waals surface area contributed by atoms with Gasteiger partial charge in [-0.3, -0.25) is 4.79 Å². The van der Waals surface area contributed by atoms with Crippen molar-refractivity contribution in [2.75, 3.05) is 19.5 Å². The monoisotopic (exact) mass is 472 g/mol. The largest absolute Gasteiger partial charge is 0.496 e. The van der Waals surface area contributed by atoms with Crippen LogP contribution in [-0.4, -0.2) is 30.0 Å². The first-order valence-electron chi connectivity index (χ1n) is 10.6. The number of oxazole rings is 2. The Labute approximate surface area is 200 Å². The third-order valence-corrected chi connectivity index (χ3v) is 5.43. The molecular weight excluding hydrogens is 450 g/mol. The van der Waals surface area contributed by atoms with Gasteiger partial charge in [-0.2, -0.15) is 0 Å². The van der Waals surface area contributed by atoms with E-state index in [-0.39, 0.29) is 11.0 Å². The van der Waals surface area contributed by atoms with Crippen LogP contribution in [0.4, 0.5) is 17.4 Å². The van der Waals surface area contributed by atoms with Gasteiger partial charge in [-0.1, -0.05) is 17.2 Å². The summed E-state index contributed by atoms with van der Waals surface area (Å²) in [7, 11) is 3.44. The van der Waals surface area contributed by atoms with E-state index in [9.17, 15) is 4.79 Å². The Bertz CT molecular complexity index is 1440. The Morgan fingerprint density at radius 3 is 2.77 bits per heavy atom. The lowest BCUT2D eigenvalue weighted by Crippen LogP contribution is -2.30. The maximum atomic E-state index is 11.3. The third kappa shape index (κ3) is 4.39. The van der Waals surface area contributed by atoms with Crippen molar-refractivity contribution in [3.8, 4) is 28.4 Å².